The number of fused-ring (bicyclic) bond motifs is 1. The molecule has 2 aromatic heterocycles. The predicted molar refractivity (Wildman–Crippen MR) is 90.1 cm³/mol. The van der Waals surface area contributed by atoms with Gasteiger partial charge < -0.3 is 10.1 Å². The standard InChI is InChI=1S/C18H25N3O2/c1-3-14-16(18(22)19-13-9-6-4-5-7-10-13)21-12-8-11-15(23-2)17(21)20-14/h8,11-13H,3-7,9-10H2,1-2H3,(H,19,22). The first-order chi connectivity index (χ1) is 11.2. The quantitative estimate of drug-likeness (QED) is 0.880. The molecule has 5 nitrogen and oxygen atoms in total. The fourth-order valence-electron chi connectivity index (χ4n) is 3.41. The summed E-state index contributed by atoms with van der Waals surface area (Å²) >= 11 is 0. The van der Waals surface area contributed by atoms with Crippen molar-refractivity contribution in [1.29, 1.82) is 0 Å². The highest BCUT2D eigenvalue weighted by Crippen LogP contribution is 2.23. The summed E-state index contributed by atoms with van der Waals surface area (Å²) in [7, 11) is 1.63. The molecule has 23 heavy (non-hydrogen) atoms. The molecule has 0 bridgehead atoms. The number of amides is 1. The molecule has 1 fully saturated rings. The number of hydrogen-bond acceptors (Lipinski definition) is 3. The zero-order valence-electron chi connectivity index (χ0n) is 14.0. The first-order valence-electron chi connectivity index (χ1n) is 8.59. The summed E-state index contributed by atoms with van der Waals surface area (Å²) < 4.78 is 7.22. The van der Waals surface area contributed by atoms with E-state index in [2.05, 4.69) is 10.3 Å². The van der Waals surface area contributed by atoms with Gasteiger partial charge in [0, 0.05) is 12.2 Å². The summed E-state index contributed by atoms with van der Waals surface area (Å²) in [6.07, 6.45) is 9.71. The normalized spacial score (nSPS) is 16.3. The average Bonchev–Trinajstić information content (AvgIpc) is 2.77. The summed E-state index contributed by atoms with van der Waals surface area (Å²) in [5.41, 5.74) is 2.17. The molecule has 3 rings (SSSR count). The third-order valence-corrected chi connectivity index (χ3v) is 4.65. The fraction of sp³-hybridized carbons (Fsp3) is 0.556. The van der Waals surface area contributed by atoms with Crippen LogP contribution in [0.1, 0.15) is 61.6 Å². The molecular formula is C18H25N3O2. The van der Waals surface area contributed by atoms with Gasteiger partial charge in [0.05, 0.1) is 12.8 Å². The van der Waals surface area contributed by atoms with E-state index >= 15 is 0 Å². The van der Waals surface area contributed by atoms with Crippen molar-refractivity contribution in [1.82, 2.24) is 14.7 Å². The van der Waals surface area contributed by atoms with E-state index in [1.807, 2.05) is 29.7 Å². The minimum absolute atomic E-state index is 0.0190. The number of methoxy groups -OCH3 is 1. The van der Waals surface area contributed by atoms with Crippen molar-refractivity contribution in [3.8, 4) is 5.75 Å². The Morgan fingerprint density at radius 2 is 2.09 bits per heavy atom. The highest BCUT2D eigenvalue weighted by atomic mass is 16.5. The second-order valence-corrected chi connectivity index (χ2v) is 6.19. The first kappa shape index (κ1) is 15.8. The van der Waals surface area contributed by atoms with Gasteiger partial charge in [-0.05, 0) is 31.4 Å². The monoisotopic (exact) mass is 315 g/mol. The number of aryl methyl sites for hydroxylation is 1. The van der Waals surface area contributed by atoms with Crippen LogP contribution in [0.2, 0.25) is 0 Å². The number of nitrogens with zero attached hydrogens (tertiary/aromatic N) is 2. The lowest BCUT2D eigenvalue weighted by molar-refractivity contribution is 0.0926. The number of pyridine rings is 1. The molecule has 0 unspecified atom stereocenters. The number of rotatable bonds is 4. The number of carbonyl (C=O) groups excluding carboxylic acids is 1. The molecule has 124 valence electrons. The second kappa shape index (κ2) is 7.02. The van der Waals surface area contributed by atoms with Crippen LogP contribution in [0, 0.1) is 0 Å². The van der Waals surface area contributed by atoms with E-state index in [4.69, 9.17) is 4.74 Å². The van der Waals surface area contributed by atoms with Gasteiger partial charge in [-0.25, -0.2) is 4.98 Å². The molecule has 1 amide bonds. The van der Waals surface area contributed by atoms with Gasteiger partial charge in [0.2, 0.25) is 0 Å². The van der Waals surface area contributed by atoms with Crippen LogP contribution >= 0.6 is 0 Å². The van der Waals surface area contributed by atoms with Crippen LogP contribution in [-0.2, 0) is 6.42 Å². The van der Waals surface area contributed by atoms with E-state index in [1.54, 1.807) is 7.11 Å². The van der Waals surface area contributed by atoms with E-state index in [0.29, 0.717) is 17.1 Å². The van der Waals surface area contributed by atoms with Gasteiger partial charge in [-0.3, -0.25) is 9.20 Å². The molecule has 0 atom stereocenters. The van der Waals surface area contributed by atoms with E-state index in [0.717, 1.165) is 25.0 Å². The molecule has 1 N–H and O–H groups in total. The van der Waals surface area contributed by atoms with Gasteiger partial charge in [-0.2, -0.15) is 0 Å². The van der Waals surface area contributed by atoms with Gasteiger partial charge in [-0.1, -0.05) is 32.6 Å². The number of nitrogens with one attached hydrogen (secondary N) is 1. The van der Waals surface area contributed by atoms with Gasteiger partial charge in [0.15, 0.2) is 11.4 Å². The van der Waals surface area contributed by atoms with Crippen LogP contribution in [0.3, 0.4) is 0 Å². The zero-order chi connectivity index (χ0) is 16.2. The number of imidazole rings is 1. The Labute approximate surface area is 137 Å². The molecular weight excluding hydrogens is 290 g/mol. The lowest BCUT2D eigenvalue weighted by atomic mass is 10.1. The lowest BCUT2D eigenvalue weighted by Crippen LogP contribution is -2.35. The maximum Gasteiger partial charge on any atom is 0.270 e. The second-order valence-electron chi connectivity index (χ2n) is 6.19. The maximum absolute atomic E-state index is 12.9. The SMILES string of the molecule is CCc1nc2c(OC)cccn2c1C(=O)NC1CCCCCC1. The lowest BCUT2D eigenvalue weighted by Gasteiger charge is -2.16. The van der Waals surface area contributed by atoms with Crippen LogP contribution in [0.5, 0.6) is 5.75 Å². The maximum atomic E-state index is 12.9. The Bertz CT molecular complexity index is 685. The fourth-order valence-corrected chi connectivity index (χ4v) is 3.41. The van der Waals surface area contributed by atoms with Crippen molar-refractivity contribution in [3.63, 3.8) is 0 Å². The number of aromatic nitrogens is 2. The van der Waals surface area contributed by atoms with Gasteiger partial charge >= 0.3 is 0 Å². The molecule has 2 aromatic rings. The van der Waals surface area contributed by atoms with Crippen molar-refractivity contribution < 1.29 is 9.53 Å². The molecule has 2 heterocycles. The number of hydrogen-bond donors (Lipinski definition) is 1. The number of ether oxygens (including phenoxy) is 1. The highest BCUT2D eigenvalue weighted by molar-refractivity contribution is 5.95. The van der Waals surface area contributed by atoms with E-state index in [-0.39, 0.29) is 11.9 Å². The summed E-state index contributed by atoms with van der Waals surface area (Å²) in [5, 5.41) is 3.23. The zero-order valence-corrected chi connectivity index (χ0v) is 14.0. The molecule has 1 aliphatic rings. The Kier molecular flexibility index (Phi) is 4.84. The first-order valence-corrected chi connectivity index (χ1v) is 8.59. The predicted octanol–water partition coefficient (Wildman–Crippen LogP) is 3.36. The molecule has 5 heteroatoms. The molecule has 0 aromatic carbocycles. The van der Waals surface area contributed by atoms with Crippen molar-refractivity contribution in [3.05, 3.63) is 29.7 Å². The highest BCUT2D eigenvalue weighted by Gasteiger charge is 2.22. The molecule has 0 radical (unpaired) electrons. The van der Waals surface area contributed by atoms with Crippen LogP contribution in [-0.4, -0.2) is 28.4 Å². The summed E-state index contributed by atoms with van der Waals surface area (Å²) in [4.78, 5) is 17.5. The summed E-state index contributed by atoms with van der Waals surface area (Å²) in [6, 6.07) is 4.04. The minimum atomic E-state index is -0.0190. The number of carbonyl (C=O) groups is 1. The van der Waals surface area contributed by atoms with Gasteiger partial charge in [-0.15, -0.1) is 0 Å². The van der Waals surface area contributed by atoms with E-state index in [1.165, 1.54) is 25.7 Å². The van der Waals surface area contributed by atoms with Crippen LogP contribution in [0.4, 0.5) is 0 Å². The molecule has 0 spiro atoms. The molecule has 0 aliphatic heterocycles. The Morgan fingerprint density at radius 3 is 2.74 bits per heavy atom. The Morgan fingerprint density at radius 1 is 1.35 bits per heavy atom. The van der Waals surface area contributed by atoms with Crippen molar-refractivity contribution in [2.24, 2.45) is 0 Å². The van der Waals surface area contributed by atoms with Crippen LogP contribution in [0.15, 0.2) is 18.3 Å². The smallest absolute Gasteiger partial charge is 0.270 e. The Balaban J connectivity index is 1.92. The minimum Gasteiger partial charge on any atom is -0.493 e. The topological polar surface area (TPSA) is 55.6 Å². The summed E-state index contributed by atoms with van der Waals surface area (Å²) in [6.45, 7) is 2.02. The molecule has 0 saturated heterocycles. The van der Waals surface area contributed by atoms with Gasteiger partial charge in [0.1, 0.15) is 5.69 Å². The molecule has 1 saturated carbocycles. The van der Waals surface area contributed by atoms with E-state index < -0.39 is 0 Å². The molecule has 1 aliphatic carbocycles. The van der Waals surface area contributed by atoms with E-state index in [9.17, 15) is 4.79 Å². The van der Waals surface area contributed by atoms with Crippen LogP contribution in [0.25, 0.3) is 5.65 Å². The average molecular weight is 315 g/mol. The third kappa shape index (κ3) is 3.19. The summed E-state index contributed by atoms with van der Waals surface area (Å²) in [5.74, 6) is 0.671. The third-order valence-electron chi connectivity index (χ3n) is 4.65. The largest absolute Gasteiger partial charge is 0.493 e. The Hall–Kier alpha value is -2.04. The van der Waals surface area contributed by atoms with Gasteiger partial charge in [0.25, 0.3) is 5.91 Å². The van der Waals surface area contributed by atoms with Crippen LogP contribution < -0.4 is 10.1 Å². The van der Waals surface area contributed by atoms with Crippen molar-refractivity contribution >= 4 is 11.6 Å². The van der Waals surface area contributed by atoms with Crippen molar-refractivity contribution in [2.45, 2.75) is 57.9 Å². The van der Waals surface area contributed by atoms with Crippen molar-refractivity contribution in [2.75, 3.05) is 7.11 Å².